The van der Waals surface area contributed by atoms with Gasteiger partial charge < -0.3 is 0 Å². The third-order valence-corrected chi connectivity index (χ3v) is 7.01. The topological polar surface area (TPSA) is 0 Å². The van der Waals surface area contributed by atoms with E-state index >= 15 is 0 Å². The molecule has 0 atom stereocenters. The molecule has 0 N–H and O–H groups in total. The van der Waals surface area contributed by atoms with Crippen LogP contribution >= 0.6 is 0 Å². The van der Waals surface area contributed by atoms with Crippen LogP contribution in [0.4, 0.5) is 4.39 Å². The maximum Gasteiger partial charge on any atom is 0.134 e. The Balaban J connectivity index is 1.42. The number of aryl methyl sites for hydroxylation is 1. The van der Waals surface area contributed by atoms with Gasteiger partial charge in [0.2, 0.25) is 0 Å². The predicted molar refractivity (Wildman–Crippen MR) is 139 cm³/mol. The molecule has 168 valence electrons. The van der Waals surface area contributed by atoms with E-state index in [1.54, 1.807) is 0 Å². The number of rotatable bonds is 7. The van der Waals surface area contributed by atoms with Crippen molar-refractivity contribution in [1.82, 2.24) is 0 Å². The number of halogens is 1. The van der Waals surface area contributed by atoms with Crippen molar-refractivity contribution in [3.63, 3.8) is 0 Å². The van der Waals surface area contributed by atoms with E-state index in [9.17, 15) is 4.39 Å². The third kappa shape index (κ3) is 5.82. The van der Waals surface area contributed by atoms with Gasteiger partial charge in [-0.25, -0.2) is 4.39 Å². The van der Waals surface area contributed by atoms with E-state index in [2.05, 4.69) is 49.3 Å². The van der Waals surface area contributed by atoms with Crippen molar-refractivity contribution in [2.45, 2.75) is 57.3 Å². The van der Waals surface area contributed by atoms with Crippen molar-refractivity contribution >= 4 is 10.8 Å². The Kier molecular flexibility index (Phi) is 7.79. The van der Waals surface area contributed by atoms with Gasteiger partial charge in [-0.2, -0.15) is 0 Å². The summed E-state index contributed by atoms with van der Waals surface area (Å²) in [5.41, 5.74) is 4.11. The summed E-state index contributed by atoms with van der Waals surface area (Å²) in [6, 6.07) is 18.4. The van der Waals surface area contributed by atoms with E-state index in [0.717, 1.165) is 40.8 Å². The van der Waals surface area contributed by atoms with Gasteiger partial charge in [0.05, 0.1) is 0 Å². The highest BCUT2D eigenvalue weighted by Crippen LogP contribution is 2.37. The molecule has 0 spiro atoms. The summed E-state index contributed by atoms with van der Waals surface area (Å²) in [5, 5.41) is 1.55. The average Bonchev–Trinajstić information content (AvgIpc) is 2.86. The molecule has 0 amide bonds. The van der Waals surface area contributed by atoms with Gasteiger partial charge in [-0.05, 0) is 104 Å². The van der Waals surface area contributed by atoms with Gasteiger partial charge in [0.15, 0.2) is 0 Å². The largest absolute Gasteiger partial charge is 0.206 e. The molecule has 3 aromatic rings. The number of hydrogen-bond donors (Lipinski definition) is 0. The Morgan fingerprint density at radius 1 is 0.818 bits per heavy atom. The zero-order chi connectivity index (χ0) is 23.0. The Bertz CT molecular complexity index is 1160. The van der Waals surface area contributed by atoms with Crippen LogP contribution in [0.15, 0.2) is 79.9 Å². The Labute approximate surface area is 198 Å². The maximum absolute atomic E-state index is 14.8. The molecule has 0 heterocycles. The lowest BCUT2D eigenvalue weighted by atomic mass is 9.77. The van der Waals surface area contributed by atoms with Crippen LogP contribution in [0.25, 0.3) is 10.8 Å². The highest BCUT2D eigenvalue weighted by atomic mass is 19.1. The minimum Gasteiger partial charge on any atom is -0.206 e. The summed E-state index contributed by atoms with van der Waals surface area (Å²) in [7, 11) is 0. The molecule has 1 fully saturated rings. The van der Waals surface area contributed by atoms with Crippen molar-refractivity contribution < 1.29 is 4.39 Å². The summed E-state index contributed by atoms with van der Waals surface area (Å²) in [6.45, 7) is 7.57. The summed E-state index contributed by atoms with van der Waals surface area (Å²) < 4.78 is 14.8. The quantitative estimate of drug-likeness (QED) is 0.256. The number of hydrogen-bond acceptors (Lipinski definition) is 0. The first-order valence-electron chi connectivity index (χ1n) is 12.2. The molecule has 3 aromatic carbocycles. The molecule has 0 saturated heterocycles. The lowest BCUT2D eigenvalue weighted by molar-refractivity contribution is 0.312. The molecule has 1 aliphatic rings. The first-order chi connectivity index (χ1) is 16.2. The lowest BCUT2D eigenvalue weighted by Gasteiger charge is -2.28. The lowest BCUT2D eigenvalue weighted by Crippen LogP contribution is -2.13. The zero-order valence-corrected chi connectivity index (χ0v) is 19.5. The van der Waals surface area contributed by atoms with Crippen molar-refractivity contribution in [2.24, 2.45) is 5.92 Å². The maximum atomic E-state index is 14.8. The van der Waals surface area contributed by atoms with E-state index in [1.165, 1.54) is 37.7 Å². The second-order valence-electron chi connectivity index (χ2n) is 9.26. The van der Waals surface area contributed by atoms with Gasteiger partial charge >= 0.3 is 0 Å². The van der Waals surface area contributed by atoms with E-state index in [4.69, 9.17) is 0 Å². The minimum atomic E-state index is -0.126. The van der Waals surface area contributed by atoms with Gasteiger partial charge in [0.1, 0.15) is 5.82 Å². The highest BCUT2D eigenvalue weighted by Gasteiger charge is 2.21. The monoisotopic (exact) mass is 436 g/mol. The molecule has 0 bridgehead atoms. The first-order valence-corrected chi connectivity index (χ1v) is 12.2. The molecule has 0 aliphatic heterocycles. The fourth-order valence-corrected chi connectivity index (χ4v) is 4.99. The van der Waals surface area contributed by atoms with Gasteiger partial charge in [-0.1, -0.05) is 54.3 Å². The number of allylic oxidation sites excluding steroid dienone is 2. The average molecular weight is 437 g/mol. The van der Waals surface area contributed by atoms with Crippen molar-refractivity contribution in [2.75, 3.05) is 0 Å². The van der Waals surface area contributed by atoms with Crippen molar-refractivity contribution in [3.05, 3.63) is 108 Å². The molecular formula is C32H33F. The van der Waals surface area contributed by atoms with Crippen LogP contribution in [0.3, 0.4) is 0 Å². The molecule has 1 aliphatic carbocycles. The Hall–Kier alpha value is -3.11. The van der Waals surface area contributed by atoms with Crippen molar-refractivity contribution in [3.8, 4) is 11.8 Å². The van der Waals surface area contributed by atoms with Crippen LogP contribution in [0, 0.1) is 23.6 Å². The van der Waals surface area contributed by atoms with E-state index < -0.39 is 0 Å². The van der Waals surface area contributed by atoms with Gasteiger partial charge in [-0.3, -0.25) is 0 Å². The molecule has 33 heavy (non-hydrogen) atoms. The van der Waals surface area contributed by atoms with Gasteiger partial charge in [-0.15, -0.1) is 13.2 Å². The van der Waals surface area contributed by atoms with Gasteiger partial charge in [0.25, 0.3) is 0 Å². The van der Waals surface area contributed by atoms with Crippen LogP contribution in [-0.2, 0) is 6.42 Å². The normalized spacial score (nSPS) is 17.8. The van der Waals surface area contributed by atoms with E-state index in [-0.39, 0.29) is 5.82 Å². The summed E-state index contributed by atoms with van der Waals surface area (Å²) in [4.78, 5) is 0. The van der Waals surface area contributed by atoms with Crippen LogP contribution in [-0.4, -0.2) is 0 Å². The Morgan fingerprint density at radius 2 is 1.52 bits per heavy atom. The SMILES string of the molecule is C=CCCc1ccc2cc(C#Cc3ccc(C4CCC(CCC=C)CC4)cc3)ccc2c1F. The molecule has 0 unspecified atom stereocenters. The summed E-state index contributed by atoms with van der Waals surface area (Å²) in [5.74, 6) is 7.96. The van der Waals surface area contributed by atoms with Gasteiger partial charge in [0, 0.05) is 16.5 Å². The minimum absolute atomic E-state index is 0.126. The zero-order valence-electron chi connectivity index (χ0n) is 19.5. The highest BCUT2D eigenvalue weighted by molar-refractivity contribution is 5.85. The van der Waals surface area contributed by atoms with Crippen LogP contribution in [0.2, 0.25) is 0 Å². The standard InChI is InChI=1S/C32H33F/c1-3-5-7-24-11-16-27(17-12-24)28-18-13-25(14-19-28)9-10-26-15-22-31-30(23-26)21-20-29(32(31)33)8-6-4-2/h3-4,13-15,18-24,27H,1-2,5-8,11-12,16-17H2. The van der Waals surface area contributed by atoms with Crippen LogP contribution < -0.4 is 0 Å². The molecule has 0 aromatic heterocycles. The number of benzene rings is 3. The molecule has 1 heteroatoms. The van der Waals surface area contributed by atoms with E-state index in [0.29, 0.717) is 17.7 Å². The second kappa shape index (κ2) is 11.2. The van der Waals surface area contributed by atoms with Crippen LogP contribution in [0.1, 0.15) is 73.1 Å². The predicted octanol–water partition coefficient (Wildman–Crippen LogP) is 8.74. The molecule has 4 rings (SSSR count). The second-order valence-corrected chi connectivity index (χ2v) is 9.26. The summed E-state index contributed by atoms with van der Waals surface area (Å²) >= 11 is 0. The van der Waals surface area contributed by atoms with Crippen molar-refractivity contribution in [1.29, 1.82) is 0 Å². The van der Waals surface area contributed by atoms with E-state index in [1.807, 2.05) is 42.5 Å². The number of fused-ring (bicyclic) bond motifs is 1. The smallest absolute Gasteiger partial charge is 0.134 e. The fourth-order valence-electron chi connectivity index (χ4n) is 4.99. The summed E-state index contributed by atoms with van der Waals surface area (Å²) in [6.07, 6.45) is 13.0. The third-order valence-electron chi connectivity index (χ3n) is 7.01. The molecule has 0 radical (unpaired) electrons. The van der Waals surface area contributed by atoms with Crippen LogP contribution in [0.5, 0.6) is 0 Å². The molecule has 1 saturated carbocycles. The first kappa shape index (κ1) is 23.1. The molecule has 0 nitrogen and oxygen atoms in total. The molecular weight excluding hydrogens is 403 g/mol. The Morgan fingerprint density at radius 3 is 2.24 bits per heavy atom. The fraction of sp³-hybridized carbons (Fsp3) is 0.312.